The van der Waals surface area contributed by atoms with E-state index in [9.17, 15) is 0 Å². The van der Waals surface area contributed by atoms with Gasteiger partial charge in [-0.05, 0) is 26.7 Å². The zero-order chi connectivity index (χ0) is 19.8. The first kappa shape index (κ1) is 23.4. The third kappa shape index (κ3) is 7.15. The van der Waals surface area contributed by atoms with Crippen LogP contribution in [0.3, 0.4) is 0 Å². The van der Waals surface area contributed by atoms with Crippen molar-refractivity contribution < 1.29 is 4.42 Å². The molecule has 29 heavy (non-hydrogen) atoms. The summed E-state index contributed by atoms with van der Waals surface area (Å²) in [6.45, 7) is 12.3. The number of likely N-dealkylation sites (tertiary alicyclic amines) is 1. The lowest BCUT2D eigenvalue weighted by molar-refractivity contribution is 0.225. The summed E-state index contributed by atoms with van der Waals surface area (Å²) in [5.74, 6) is 2.21. The van der Waals surface area contributed by atoms with Crippen LogP contribution in [0.15, 0.2) is 52.5 Å². The second-order valence-electron chi connectivity index (χ2n) is 7.19. The van der Waals surface area contributed by atoms with Crippen molar-refractivity contribution in [3.63, 3.8) is 0 Å². The number of piperidine rings is 1. The average Bonchev–Trinajstić information content (AvgIpc) is 3.18. The van der Waals surface area contributed by atoms with Crippen molar-refractivity contribution >= 4 is 29.9 Å². The summed E-state index contributed by atoms with van der Waals surface area (Å²) in [7, 11) is 0. The molecule has 1 saturated heterocycles. The van der Waals surface area contributed by atoms with Crippen LogP contribution >= 0.6 is 24.0 Å². The number of nitrogens with one attached hydrogen (secondary N) is 2. The number of aryl methyl sites for hydroxylation is 1. The van der Waals surface area contributed by atoms with Gasteiger partial charge in [-0.15, -0.1) is 30.6 Å². The first-order valence-corrected chi connectivity index (χ1v) is 10.1. The first-order valence-electron chi connectivity index (χ1n) is 10.1. The van der Waals surface area contributed by atoms with Crippen LogP contribution in [-0.2, 0) is 6.54 Å². The van der Waals surface area contributed by atoms with Crippen molar-refractivity contribution in [2.45, 2.75) is 39.3 Å². The molecule has 2 N–H and O–H groups in total. The molecular formula is C22H32IN5O. The maximum atomic E-state index is 5.88. The molecule has 1 aromatic carbocycles. The highest BCUT2D eigenvalue weighted by atomic mass is 127. The fourth-order valence-electron chi connectivity index (χ4n) is 3.34. The molecule has 1 fully saturated rings. The van der Waals surface area contributed by atoms with Crippen molar-refractivity contribution in [1.29, 1.82) is 0 Å². The summed E-state index contributed by atoms with van der Waals surface area (Å²) in [5, 5.41) is 6.87. The number of halogens is 1. The van der Waals surface area contributed by atoms with E-state index in [1.54, 1.807) is 6.20 Å². The number of aliphatic imine (C=N–C) groups is 1. The second-order valence-corrected chi connectivity index (χ2v) is 7.19. The topological polar surface area (TPSA) is 65.7 Å². The van der Waals surface area contributed by atoms with E-state index in [4.69, 9.17) is 4.42 Å². The molecule has 0 spiro atoms. The third-order valence-electron chi connectivity index (χ3n) is 4.92. The summed E-state index contributed by atoms with van der Waals surface area (Å²) in [4.78, 5) is 11.5. The summed E-state index contributed by atoms with van der Waals surface area (Å²) in [6.07, 6.45) is 5.95. The number of oxazole rings is 1. The van der Waals surface area contributed by atoms with Gasteiger partial charge < -0.3 is 15.1 Å². The Hall–Kier alpha value is -1.87. The number of rotatable bonds is 7. The fourth-order valence-corrected chi connectivity index (χ4v) is 3.34. The highest BCUT2D eigenvalue weighted by Gasteiger charge is 2.19. The Bertz CT molecular complexity index is 779. The SMILES string of the molecule is C=CCN1CCC(NC(=NCc2ncc(-c3ccc(C)cc3)o2)NCC)CC1.I. The van der Waals surface area contributed by atoms with E-state index in [1.165, 1.54) is 5.56 Å². The van der Waals surface area contributed by atoms with Crippen LogP contribution in [-0.4, -0.2) is 48.1 Å². The molecule has 0 aliphatic carbocycles. The smallest absolute Gasteiger partial charge is 0.216 e. The molecule has 0 radical (unpaired) electrons. The lowest BCUT2D eigenvalue weighted by Gasteiger charge is -2.32. The highest BCUT2D eigenvalue weighted by Crippen LogP contribution is 2.21. The molecule has 1 aromatic heterocycles. The Labute approximate surface area is 190 Å². The van der Waals surface area contributed by atoms with Crippen LogP contribution in [0.2, 0.25) is 0 Å². The molecule has 2 aromatic rings. The van der Waals surface area contributed by atoms with Crippen LogP contribution in [0.5, 0.6) is 0 Å². The first-order chi connectivity index (χ1) is 13.7. The summed E-state index contributed by atoms with van der Waals surface area (Å²) in [6, 6.07) is 8.68. The average molecular weight is 509 g/mol. The number of guanidine groups is 1. The molecule has 1 aliphatic heterocycles. The van der Waals surface area contributed by atoms with Gasteiger partial charge in [-0.3, -0.25) is 4.90 Å². The molecule has 7 heteroatoms. The van der Waals surface area contributed by atoms with Gasteiger partial charge in [0.2, 0.25) is 5.89 Å². The lowest BCUT2D eigenvalue weighted by atomic mass is 10.1. The molecule has 158 valence electrons. The number of benzene rings is 1. The van der Waals surface area contributed by atoms with Crippen molar-refractivity contribution in [3.05, 3.63) is 54.6 Å². The Kier molecular flexibility index (Phi) is 9.66. The van der Waals surface area contributed by atoms with Gasteiger partial charge in [0.05, 0.1) is 6.20 Å². The van der Waals surface area contributed by atoms with Crippen LogP contribution < -0.4 is 10.6 Å². The molecule has 2 heterocycles. The molecule has 6 nitrogen and oxygen atoms in total. The van der Waals surface area contributed by atoms with E-state index in [0.717, 1.165) is 56.3 Å². The van der Waals surface area contributed by atoms with Gasteiger partial charge in [0, 0.05) is 37.8 Å². The molecule has 1 aliphatic rings. The Morgan fingerprint density at radius 3 is 2.69 bits per heavy atom. The third-order valence-corrected chi connectivity index (χ3v) is 4.92. The standard InChI is InChI=1S/C22H31N5O.HI/c1-4-12-27-13-10-19(11-14-27)26-22(23-5-2)25-16-21-24-15-20(28-21)18-8-6-17(3)7-9-18;/h4,6-9,15,19H,1,5,10-14,16H2,2-3H3,(H2,23,25,26);1H. The number of hydrogen-bond acceptors (Lipinski definition) is 4. The molecule has 0 atom stereocenters. The molecule has 0 unspecified atom stereocenters. The molecule has 0 bridgehead atoms. The van der Waals surface area contributed by atoms with Gasteiger partial charge in [-0.25, -0.2) is 9.98 Å². The molecule has 0 amide bonds. The van der Waals surface area contributed by atoms with E-state index in [2.05, 4.69) is 58.1 Å². The van der Waals surface area contributed by atoms with Gasteiger partial charge in [-0.1, -0.05) is 35.9 Å². The summed E-state index contributed by atoms with van der Waals surface area (Å²) >= 11 is 0. The van der Waals surface area contributed by atoms with Gasteiger partial charge >= 0.3 is 0 Å². The summed E-state index contributed by atoms with van der Waals surface area (Å²) < 4.78 is 5.88. The highest BCUT2D eigenvalue weighted by molar-refractivity contribution is 14.0. The van der Waals surface area contributed by atoms with E-state index >= 15 is 0 Å². The van der Waals surface area contributed by atoms with Crippen molar-refractivity contribution in [2.24, 2.45) is 4.99 Å². The van der Waals surface area contributed by atoms with Crippen LogP contribution in [0.25, 0.3) is 11.3 Å². The minimum absolute atomic E-state index is 0. The van der Waals surface area contributed by atoms with E-state index in [0.29, 0.717) is 18.5 Å². The van der Waals surface area contributed by atoms with Crippen molar-refractivity contribution in [2.75, 3.05) is 26.2 Å². The second kappa shape index (κ2) is 12.0. The number of hydrogen-bond donors (Lipinski definition) is 2. The predicted octanol–water partition coefficient (Wildman–Crippen LogP) is 3.97. The number of aromatic nitrogens is 1. The molecule has 3 rings (SSSR count). The predicted molar refractivity (Wildman–Crippen MR) is 130 cm³/mol. The lowest BCUT2D eigenvalue weighted by Crippen LogP contribution is -2.48. The molecule has 0 saturated carbocycles. The minimum Gasteiger partial charge on any atom is -0.439 e. The zero-order valence-corrected chi connectivity index (χ0v) is 19.7. The fraction of sp³-hybridized carbons (Fsp3) is 0.455. The van der Waals surface area contributed by atoms with Gasteiger partial charge in [0.25, 0.3) is 0 Å². The quantitative estimate of drug-likeness (QED) is 0.256. The van der Waals surface area contributed by atoms with Crippen molar-refractivity contribution in [1.82, 2.24) is 20.5 Å². The monoisotopic (exact) mass is 509 g/mol. The van der Waals surface area contributed by atoms with Crippen LogP contribution in [0.4, 0.5) is 0 Å². The van der Waals surface area contributed by atoms with E-state index in [1.807, 2.05) is 18.2 Å². The summed E-state index contributed by atoms with van der Waals surface area (Å²) in [5.41, 5.74) is 2.26. The normalized spacial score (nSPS) is 15.6. The van der Waals surface area contributed by atoms with Crippen molar-refractivity contribution in [3.8, 4) is 11.3 Å². The van der Waals surface area contributed by atoms with Gasteiger partial charge in [0.1, 0.15) is 6.54 Å². The Morgan fingerprint density at radius 1 is 1.31 bits per heavy atom. The van der Waals surface area contributed by atoms with Crippen LogP contribution in [0.1, 0.15) is 31.2 Å². The Balaban J connectivity index is 0.00000300. The zero-order valence-electron chi connectivity index (χ0n) is 17.4. The largest absolute Gasteiger partial charge is 0.439 e. The Morgan fingerprint density at radius 2 is 2.03 bits per heavy atom. The maximum Gasteiger partial charge on any atom is 0.216 e. The van der Waals surface area contributed by atoms with Crippen LogP contribution in [0, 0.1) is 6.92 Å². The number of nitrogens with zero attached hydrogens (tertiary/aromatic N) is 3. The van der Waals surface area contributed by atoms with E-state index < -0.39 is 0 Å². The molecular weight excluding hydrogens is 477 g/mol. The minimum atomic E-state index is 0. The van der Waals surface area contributed by atoms with Gasteiger partial charge in [0.15, 0.2) is 11.7 Å². The maximum absolute atomic E-state index is 5.88. The van der Waals surface area contributed by atoms with Gasteiger partial charge in [-0.2, -0.15) is 0 Å². The van der Waals surface area contributed by atoms with E-state index in [-0.39, 0.29) is 24.0 Å².